The zero-order valence-corrected chi connectivity index (χ0v) is 13.8. The SMILES string of the molecule is COC(=O)c1sccc1NC(=O)c1cc2c(C)nn(C)c2s1. The van der Waals surface area contributed by atoms with Crippen LogP contribution in [0.25, 0.3) is 10.2 Å². The molecule has 0 fully saturated rings. The summed E-state index contributed by atoms with van der Waals surface area (Å²) >= 11 is 2.60. The fourth-order valence-corrected chi connectivity index (χ4v) is 3.94. The van der Waals surface area contributed by atoms with Crippen molar-refractivity contribution >= 4 is 50.5 Å². The van der Waals surface area contributed by atoms with E-state index in [1.165, 1.54) is 29.8 Å². The topological polar surface area (TPSA) is 73.2 Å². The fourth-order valence-electron chi connectivity index (χ4n) is 2.16. The van der Waals surface area contributed by atoms with Crippen LogP contribution in [-0.2, 0) is 11.8 Å². The maximum absolute atomic E-state index is 12.4. The molecule has 6 nitrogen and oxygen atoms in total. The van der Waals surface area contributed by atoms with Crippen molar-refractivity contribution in [2.75, 3.05) is 12.4 Å². The number of methoxy groups -OCH3 is 1. The summed E-state index contributed by atoms with van der Waals surface area (Å²) in [5, 5.41) is 9.78. The number of aryl methyl sites for hydroxylation is 2. The number of nitrogens with zero attached hydrogens (tertiary/aromatic N) is 2. The second kappa shape index (κ2) is 5.54. The molecule has 114 valence electrons. The third-order valence-electron chi connectivity index (χ3n) is 3.20. The summed E-state index contributed by atoms with van der Waals surface area (Å²) in [5.74, 6) is -0.703. The van der Waals surface area contributed by atoms with Crippen LogP contribution in [0.3, 0.4) is 0 Å². The van der Waals surface area contributed by atoms with Crippen molar-refractivity contribution in [3.05, 3.63) is 33.0 Å². The average Bonchev–Trinajstić information content (AvgIpc) is 3.17. The third-order valence-corrected chi connectivity index (χ3v) is 5.30. The standard InChI is InChI=1S/C14H13N3O3S2/c1-7-8-6-10(22-13(8)17(2)16-7)12(18)15-9-4-5-21-11(9)14(19)20-3/h4-6H,1-3H3,(H,15,18). The molecule has 0 saturated carbocycles. The van der Waals surface area contributed by atoms with E-state index in [-0.39, 0.29) is 5.91 Å². The van der Waals surface area contributed by atoms with Crippen molar-refractivity contribution < 1.29 is 14.3 Å². The highest BCUT2D eigenvalue weighted by Gasteiger charge is 2.19. The molecule has 0 radical (unpaired) electrons. The molecule has 0 aromatic carbocycles. The molecule has 0 spiro atoms. The first-order valence-electron chi connectivity index (χ1n) is 6.41. The second-order valence-corrected chi connectivity index (χ2v) is 6.59. The lowest BCUT2D eigenvalue weighted by molar-refractivity contribution is 0.0607. The largest absolute Gasteiger partial charge is 0.465 e. The number of carbonyl (C=O) groups excluding carboxylic acids is 2. The summed E-state index contributed by atoms with van der Waals surface area (Å²) in [5.41, 5.74) is 1.35. The lowest BCUT2D eigenvalue weighted by atomic mass is 10.3. The Morgan fingerprint density at radius 1 is 1.41 bits per heavy atom. The molecule has 0 saturated heterocycles. The summed E-state index contributed by atoms with van der Waals surface area (Å²) in [6.07, 6.45) is 0. The smallest absolute Gasteiger partial charge is 0.350 e. The molecule has 3 aromatic rings. The molecule has 1 N–H and O–H groups in total. The summed E-state index contributed by atoms with van der Waals surface area (Å²) in [6.45, 7) is 1.91. The number of nitrogens with one attached hydrogen (secondary N) is 1. The molecule has 8 heteroatoms. The highest BCUT2D eigenvalue weighted by molar-refractivity contribution is 7.20. The van der Waals surface area contributed by atoms with E-state index in [1.54, 1.807) is 16.1 Å². The summed E-state index contributed by atoms with van der Waals surface area (Å²) < 4.78 is 6.46. The Hall–Kier alpha value is -2.19. The van der Waals surface area contributed by atoms with E-state index in [9.17, 15) is 9.59 Å². The van der Waals surface area contributed by atoms with Gasteiger partial charge in [0.25, 0.3) is 5.91 Å². The van der Waals surface area contributed by atoms with Crippen molar-refractivity contribution in [2.24, 2.45) is 7.05 Å². The van der Waals surface area contributed by atoms with Crippen molar-refractivity contribution in [3.8, 4) is 0 Å². The van der Waals surface area contributed by atoms with Gasteiger partial charge in [0, 0.05) is 12.4 Å². The summed E-state index contributed by atoms with van der Waals surface area (Å²) in [7, 11) is 3.16. The van der Waals surface area contributed by atoms with E-state index in [4.69, 9.17) is 4.74 Å². The Labute approximate surface area is 134 Å². The van der Waals surface area contributed by atoms with Crippen molar-refractivity contribution in [1.82, 2.24) is 9.78 Å². The van der Waals surface area contributed by atoms with Gasteiger partial charge in [0.15, 0.2) is 0 Å². The van der Waals surface area contributed by atoms with Crippen LogP contribution in [0.5, 0.6) is 0 Å². The molecule has 0 atom stereocenters. The Balaban J connectivity index is 1.89. The number of amides is 1. The number of anilines is 1. The minimum Gasteiger partial charge on any atom is -0.465 e. The lowest BCUT2D eigenvalue weighted by Crippen LogP contribution is -2.12. The van der Waals surface area contributed by atoms with E-state index < -0.39 is 5.97 Å². The fraction of sp³-hybridized carbons (Fsp3) is 0.214. The molecular weight excluding hydrogens is 322 g/mol. The zero-order chi connectivity index (χ0) is 15.9. The van der Waals surface area contributed by atoms with Gasteiger partial charge in [-0.2, -0.15) is 5.10 Å². The van der Waals surface area contributed by atoms with Crippen LogP contribution >= 0.6 is 22.7 Å². The molecule has 0 bridgehead atoms. The number of hydrogen-bond donors (Lipinski definition) is 1. The van der Waals surface area contributed by atoms with E-state index >= 15 is 0 Å². The van der Waals surface area contributed by atoms with Crippen molar-refractivity contribution in [2.45, 2.75) is 6.92 Å². The number of fused-ring (bicyclic) bond motifs is 1. The molecule has 0 unspecified atom stereocenters. The molecule has 22 heavy (non-hydrogen) atoms. The maximum Gasteiger partial charge on any atom is 0.350 e. The first kappa shape index (κ1) is 14.7. The van der Waals surface area contributed by atoms with Gasteiger partial charge in [-0.05, 0) is 24.4 Å². The molecule has 1 amide bonds. The van der Waals surface area contributed by atoms with Crippen LogP contribution in [0.15, 0.2) is 17.5 Å². The minimum atomic E-state index is -0.457. The first-order chi connectivity index (χ1) is 10.5. The number of ether oxygens (including phenoxy) is 1. The van der Waals surface area contributed by atoms with Crippen LogP contribution in [-0.4, -0.2) is 28.8 Å². The average molecular weight is 335 g/mol. The van der Waals surface area contributed by atoms with Gasteiger partial charge >= 0.3 is 5.97 Å². The molecule has 3 rings (SSSR count). The summed E-state index contributed by atoms with van der Waals surface area (Å²) in [4.78, 5) is 25.9. The highest BCUT2D eigenvalue weighted by atomic mass is 32.1. The van der Waals surface area contributed by atoms with Crippen LogP contribution in [0.4, 0.5) is 5.69 Å². The number of hydrogen-bond acceptors (Lipinski definition) is 6. The Morgan fingerprint density at radius 2 is 2.18 bits per heavy atom. The molecule has 3 aromatic heterocycles. The van der Waals surface area contributed by atoms with Gasteiger partial charge in [0.05, 0.1) is 23.4 Å². The monoisotopic (exact) mass is 335 g/mol. The molecule has 0 aliphatic rings. The predicted molar refractivity (Wildman–Crippen MR) is 86.9 cm³/mol. The first-order valence-corrected chi connectivity index (χ1v) is 8.11. The predicted octanol–water partition coefficient (Wildman–Crippen LogP) is 3.04. The van der Waals surface area contributed by atoms with E-state index in [0.29, 0.717) is 15.4 Å². The van der Waals surface area contributed by atoms with E-state index in [2.05, 4.69) is 10.4 Å². The van der Waals surface area contributed by atoms with Crippen LogP contribution in [0.1, 0.15) is 25.0 Å². The van der Waals surface area contributed by atoms with Crippen molar-refractivity contribution in [3.63, 3.8) is 0 Å². The molecule has 0 aliphatic heterocycles. The number of rotatable bonds is 3. The Bertz CT molecular complexity index is 841. The van der Waals surface area contributed by atoms with Crippen LogP contribution in [0.2, 0.25) is 0 Å². The number of carbonyl (C=O) groups is 2. The minimum absolute atomic E-state index is 0.246. The van der Waals surface area contributed by atoms with Gasteiger partial charge in [0.1, 0.15) is 9.71 Å². The van der Waals surface area contributed by atoms with Gasteiger partial charge in [0.2, 0.25) is 0 Å². The van der Waals surface area contributed by atoms with Gasteiger partial charge < -0.3 is 10.1 Å². The summed E-state index contributed by atoms with van der Waals surface area (Å²) in [6, 6.07) is 3.51. The Morgan fingerprint density at radius 3 is 2.86 bits per heavy atom. The van der Waals surface area contributed by atoms with E-state index in [0.717, 1.165) is 15.9 Å². The Kier molecular flexibility index (Phi) is 3.71. The second-order valence-electron chi connectivity index (χ2n) is 4.65. The quantitative estimate of drug-likeness (QED) is 0.747. The molecule has 0 aliphatic carbocycles. The van der Waals surface area contributed by atoms with Crippen molar-refractivity contribution in [1.29, 1.82) is 0 Å². The maximum atomic E-state index is 12.4. The van der Waals surface area contributed by atoms with Gasteiger partial charge in [-0.25, -0.2) is 4.79 Å². The number of esters is 1. The van der Waals surface area contributed by atoms with Crippen LogP contribution in [0, 0.1) is 6.92 Å². The number of aromatic nitrogens is 2. The highest BCUT2D eigenvalue weighted by Crippen LogP contribution is 2.29. The lowest BCUT2D eigenvalue weighted by Gasteiger charge is -2.03. The third kappa shape index (κ3) is 2.40. The zero-order valence-electron chi connectivity index (χ0n) is 12.2. The van der Waals surface area contributed by atoms with Gasteiger partial charge in [-0.1, -0.05) is 0 Å². The normalized spacial score (nSPS) is 10.9. The van der Waals surface area contributed by atoms with Crippen LogP contribution < -0.4 is 5.32 Å². The molecular formula is C14H13N3O3S2. The number of thiophene rings is 2. The van der Waals surface area contributed by atoms with Gasteiger partial charge in [-0.3, -0.25) is 9.48 Å². The molecule has 3 heterocycles. The van der Waals surface area contributed by atoms with E-state index in [1.807, 2.05) is 20.0 Å². The van der Waals surface area contributed by atoms with Gasteiger partial charge in [-0.15, -0.1) is 22.7 Å².